The first kappa shape index (κ1) is 14.0. The zero-order valence-electron chi connectivity index (χ0n) is 10.5. The lowest BCUT2D eigenvalue weighted by atomic mass is 10.1. The lowest BCUT2D eigenvalue weighted by Gasteiger charge is -2.27. The lowest BCUT2D eigenvalue weighted by Crippen LogP contribution is -2.44. The topological polar surface area (TPSA) is 76.3 Å². The van der Waals surface area contributed by atoms with Crippen LogP contribution in [0.1, 0.15) is 36.0 Å². The molecule has 2 N–H and O–H groups in total. The summed E-state index contributed by atoms with van der Waals surface area (Å²) in [7, 11) is 0. The molecule has 2 rings (SSSR count). The van der Waals surface area contributed by atoms with Crippen LogP contribution in [0.2, 0.25) is 0 Å². The molecule has 1 aromatic rings. The van der Waals surface area contributed by atoms with Crippen LogP contribution < -0.4 is 5.73 Å². The number of hydrogen-bond acceptors (Lipinski definition) is 3. The molecule has 0 saturated heterocycles. The molecule has 0 bridgehead atoms. The van der Waals surface area contributed by atoms with E-state index in [0.717, 1.165) is 25.7 Å². The molecule has 1 fully saturated rings. The fourth-order valence-corrected chi connectivity index (χ4v) is 2.65. The van der Waals surface area contributed by atoms with Gasteiger partial charge in [0.05, 0.1) is 12.1 Å². The zero-order valence-corrected chi connectivity index (χ0v) is 12.1. The highest BCUT2D eigenvalue weighted by atomic mass is 79.9. The molecular formula is C13H16BrN3O2. The number of hydrogen-bond donors (Lipinski definition) is 1. The maximum atomic E-state index is 12.4. The summed E-state index contributed by atoms with van der Waals surface area (Å²) in [6.45, 7) is -0.0282. The fourth-order valence-electron chi connectivity index (χ4n) is 2.42. The molecule has 19 heavy (non-hydrogen) atoms. The Kier molecular flexibility index (Phi) is 4.52. The number of halogens is 1. The minimum atomic E-state index is -0.481. The second-order valence-corrected chi connectivity index (χ2v) is 5.52. The average Bonchev–Trinajstić information content (AvgIpc) is 2.89. The van der Waals surface area contributed by atoms with Gasteiger partial charge in [0.1, 0.15) is 4.60 Å². The van der Waals surface area contributed by atoms with E-state index in [0.29, 0.717) is 10.2 Å². The van der Waals surface area contributed by atoms with Gasteiger partial charge in [0.2, 0.25) is 5.91 Å². The normalized spacial score (nSPS) is 15.4. The molecule has 0 atom stereocenters. The van der Waals surface area contributed by atoms with E-state index >= 15 is 0 Å². The predicted octanol–water partition coefficient (Wildman–Crippen LogP) is 1.71. The van der Waals surface area contributed by atoms with E-state index < -0.39 is 5.91 Å². The summed E-state index contributed by atoms with van der Waals surface area (Å²) in [6.07, 6.45) is 5.55. The Balaban J connectivity index is 2.18. The van der Waals surface area contributed by atoms with Crippen molar-refractivity contribution in [1.29, 1.82) is 0 Å². The Hall–Kier alpha value is -1.43. The predicted molar refractivity (Wildman–Crippen MR) is 74.4 cm³/mol. The lowest BCUT2D eigenvalue weighted by molar-refractivity contribution is -0.119. The molecular weight excluding hydrogens is 310 g/mol. The van der Waals surface area contributed by atoms with Gasteiger partial charge in [0.25, 0.3) is 5.91 Å². The first-order valence-corrected chi connectivity index (χ1v) is 7.08. The van der Waals surface area contributed by atoms with Crippen LogP contribution in [0.4, 0.5) is 0 Å². The van der Waals surface area contributed by atoms with Crippen LogP contribution in [0.5, 0.6) is 0 Å². The minimum Gasteiger partial charge on any atom is -0.368 e. The molecule has 0 unspecified atom stereocenters. The van der Waals surface area contributed by atoms with Crippen molar-refractivity contribution in [3.8, 4) is 0 Å². The van der Waals surface area contributed by atoms with Crippen molar-refractivity contribution in [2.45, 2.75) is 31.7 Å². The third kappa shape index (κ3) is 3.53. The van der Waals surface area contributed by atoms with Gasteiger partial charge in [-0.1, -0.05) is 12.8 Å². The number of carbonyl (C=O) groups is 2. The van der Waals surface area contributed by atoms with Gasteiger partial charge in [-0.05, 0) is 40.9 Å². The van der Waals surface area contributed by atoms with Crippen LogP contribution in [0.3, 0.4) is 0 Å². The van der Waals surface area contributed by atoms with Gasteiger partial charge in [0.15, 0.2) is 0 Å². The van der Waals surface area contributed by atoms with Gasteiger partial charge in [0, 0.05) is 12.2 Å². The summed E-state index contributed by atoms with van der Waals surface area (Å²) < 4.78 is 0.673. The highest BCUT2D eigenvalue weighted by molar-refractivity contribution is 9.10. The van der Waals surface area contributed by atoms with Gasteiger partial charge < -0.3 is 10.6 Å². The van der Waals surface area contributed by atoms with E-state index in [-0.39, 0.29) is 18.5 Å². The number of nitrogens with zero attached hydrogens (tertiary/aromatic N) is 2. The number of amides is 2. The number of aromatic nitrogens is 1. The van der Waals surface area contributed by atoms with Crippen LogP contribution in [0.25, 0.3) is 0 Å². The number of pyridine rings is 1. The first-order valence-electron chi connectivity index (χ1n) is 6.29. The summed E-state index contributed by atoms with van der Waals surface area (Å²) in [5.41, 5.74) is 5.73. The monoisotopic (exact) mass is 325 g/mol. The van der Waals surface area contributed by atoms with Crippen molar-refractivity contribution in [3.05, 3.63) is 28.5 Å². The molecule has 0 radical (unpaired) electrons. The van der Waals surface area contributed by atoms with Gasteiger partial charge in [-0.2, -0.15) is 0 Å². The molecule has 1 aromatic heterocycles. The van der Waals surface area contributed by atoms with E-state index in [1.54, 1.807) is 17.0 Å². The van der Waals surface area contributed by atoms with E-state index in [4.69, 9.17) is 5.73 Å². The van der Waals surface area contributed by atoms with Crippen LogP contribution in [-0.2, 0) is 4.79 Å². The Bertz CT molecular complexity index is 469. The molecule has 1 saturated carbocycles. The Morgan fingerprint density at radius 1 is 1.37 bits per heavy atom. The Morgan fingerprint density at radius 2 is 2.05 bits per heavy atom. The molecule has 0 aliphatic heterocycles. The molecule has 5 nitrogen and oxygen atoms in total. The molecule has 0 aromatic carbocycles. The van der Waals surface area contributed by atoms with E-state index in [9.17, 15) is 9.59 Å². The maximum absolute atomic E-state index is 12.4. The van der Waals surface area contributed by atoms with Crippen LogP contribution >= 0.6 is 15.9 Å². The van der Waals surface area contributed by atoms with Crippen LogP contribution in [0.15, 0.2) is 22.9 Å². The van der Waals surface area contributed by atoms with Crippen molar-refractivity contribution < 1.29 is 9.59 Å². The Labute approximate surface area is 120 Å². The largest absolute Gasteiger partial charge is 0.368 e. The molecule has 102 valence electrons. The summed E-state index contributed by atoms with van der Waals surface area (Å²) >= 11 is 3.23. The summed E-state index contributed by atoms with van der Waals surface area (Å²) in [6, 6.07) is 3.52. The second-order valence-electron chi connectivity index (χ2n) is 4.71. The van der Waals surface area contributed by atoms with Gasteiger partial charge in [-0.15, -0.1) is 0 Å². The third-order valence-corrected chi connectivity index (χ3v) is 3.80. The number of nitrogens with two attached hydrogens (primary N) is 1. The minimum absolute atomic E-state index is 0.0282. The van der Waals surface area contributed by atoms with E-state index in [2.05, 4.69) is 20.9 Å². The third-order valence-electron chi connectivity index (χ3n) is 3.33. The van der Waals surface area contributed by atoms with Crippen molar-refractivity contribution >= 4 is 27.7 Å². The van der Waals surface area contributed by atoms with E-state index in [1.807, 2.05) is 0 Å². The quantitative estimate of drug-likeness (QED) is 0.856. The second kappa shape index (κ2) is 6.14. The highest BCUT2D eigenvalue weighted by Gasteiger charge is 2.28. The van der Waals surface area contributed by atoms with Crippen molar-refractivity contribution in [2.24, 2.45) is 5.73 Å². The standard InChI is InChI=1S/C13H16BrN3O2/c14-11-6-5-9(7-16-11)13(19)17(8-12(15)18)10-3-1-2-4-10/h5-7,10H,1-4,8H2,(H2,15,18). The molecule has 1 aliphatic carbocycles. The van der Waals surface area contributed by atoms with Crippen LogP contribution in [-0.4, -0.2) is 34.3 Å². The van der Waals surface area contributed by atoms with Gasteiger partial charge in [-0.3, -0.25) is 9.59 Å². The Morgan fingerprint density at radius 3 is 2.58 bits per heavy atom. The van der Waals surface area contributed by atoms with Gasteiger partial charge >= 0.3 is 0 Å². The summed E-state index contributed by atoms with van der Waals surface area (Å²) in [5, 5.41) is 0. The van der Waals surface area contributed by atoms with E-state index in [1.165, 1.54) is 6.20 Å². The molecule has 1 aliphatic rings. The molecule has 2 amide bonds. The van der Waals surface area contributed by atoms with Gasteiger partial charge in [-0.25, -0.2) is 4.98 Å². The van der Waals surface area contributed by atoms with Crippen LogP contribution in [0, 0.1) is 0 Å². The average molecular weight is 326 g/mol. The highest BCUT2D eigenvalue weighted by Crippen LogP contribution is 2.24. The maximum Gasteiger partial charge on any atom is 0.256 e. The van der Waals surface area contributed by atoms with Crippen molar-refractivity contribution in [1.82, 2.24) is 9.88 Å². The molecule has 0 spiro atoms. The fraction of sp³-hybridized carbons (Fsp3) is 0.462. The molecule has 6 heteroatoms. The smallest absolute Gasteiger partial charge is 0.256 e. The SMILES string of the molecule is NC(=O)CN(C(=O)c1ccc(Br)nc1)C1CCCC1. The van der Waals surface area contributed by atoms with Crippen molar-refractivity contribution in [3.63, 3.8) is 0 Å². The molecule has 1 heterocycles. The number of rotatable bonds is 4. The van der Waals surface area contributed by atoms with Crippen molar-refractivity contribution in [2.75, 3.05) is 6.54 Å². The zero-order chi connectivity index (χ0) is 13.8. The summed E-state index contributed by atoms with van der Waals surface area (Å²) in [4.78, 5) is 29.2. The first-order chi connectivity index (χ1) is 9.08. The number of carbonyl (C=O) groups excluding carboxylic acids is 2. The number of primary amides is 1. The summed E-state index contributed by atoms with van der Waals surface area (Å²) in [5.74, 6) is -0.656.